The number of nitrogens with one attached hydrogen (secondary N) is 2. The van der Waals surface area contributed by atoms with E-state index in [4.69, 9.17) is 12.2 Å². The van der Waals surface area contributed by atoms with E-state index >= 15 is 0 Å². The Kier molecular flexibility index (Phi) is 1.75. The number of hydrogen-bond acceptors (Lipinski definition) is 4. The molecule has 5 nitrogen and oxygen atoms in total. The number of nitrogens with two attached hydrogens (primary N) is 1. The fourth-order valence-electron chi connectivity index (χ4n) is 0.483. The highest BCUT2D eigenvalue weighted by molar-refractivity contribution is 5.30. The summed E-state index contributed by atoms with van der Waals surface area (Å²) in [6.45, 7) is 0.400. The number of aromatic nitrogens is 3. The smallest absolute Gasteiger partial charge is 0.244 e. The SMILES string of the molecule is C#CCNc1n[nH]c(N)n1. The molecule has 5 heteroatoms. The van der Waals surface area contributed by atoms with Gasteiger partial charge in [-0.25, -0.2) is 5.10 Å². The summed E-state index contributed by atoms with van der Waals surface area (Å²) in [5.41, 5.74) is 5.23. The lowest BCUT2D eigenvalue weighted by Gasteiger charge is -1.89. The van der Waals surface area contributed by atoms with Gasteiger partial charge in [0.1, 0.15) is 0 Å². The molecule has 0 aliphatic heterocycles. The minimum absolute atomic E-state index is 0.277. The third kappa shape index (κ3) is 1.39. The van der Waals surface area contributed by atoms with E-state index in [2.05, 4.69) is 26.4 Å². The summed E-state index contributed by atoms with van der Waals surface area (Å²) < 4.78 is 0. The summed E-state index contributed by atoms with van der Waals surface area (Å²) in [5.74, 6) is 3.08. The third-order valence-corrected chi connectivity index (χ3v) is 0.851. The standard InChI is InChI=1S/C5H7N5/c1-2-3-7-5-8-4(6)9-10-5/h1H,3H2,(H4,6,7,8,9,10). The van der Waals surface area contributed by atoms with Gasteiger partial charge < -0.3 is 11.1 Å². The van der Waals surface area contributed by atoms with Gasteiger partial charge in [-0.2, -0.15) is 4.98 Å². The zero-order chi connectivity index (χ0) is 7.40. The minimum atomic E-state index is 0.277. The van der Waals surface area contributed by atoms with Crippen LogP contribution in [0.2, 0.25) is 0 Å². The zero-order valence-electron chi connectivity index (χ0n) is 5.26. The number of aromatic amines is 1. The second-order valence-electron chi connectivity index (χ2n) is 1.60. The lowest BCUT2D eigenvalue weighted by molar-refractivity contribution is 1.09. The molecule has 0 amide bonds. The molecule has 0 aliphatic rings. The molecule has 1 aromatic heterocycles. The molecule has 0 saturated heterocycles. The van der Waals surface area contributed by atoms with Gasteiger partial charge in [-0.15, -0.1) is 11.5 Å². The van der Waals surface area contributed by atoms with Crippen LogP contribution in [0.3, 0.4) is 0 Å². The number of nitrogen functional groups attached to an aromatic ring is 1. The van der Waals surface area contributed by atoms with Crippen molar-refractivity contribution in [1.29, 1.82) is 0 Å². The molecule has 1 rings (SSSR count). The van der Waals surface area contributed by atoms with Gasteiger partial charge in [-0.05, 0) is 0 Å². The van der Waals surface area contributed by atoms with Crippen molar-refractivity contribution in [2.75, 3.05) is 17.6 Å². The Morgan fingerprint density at radius 3 is 3.10 bits per heavy atom. The number of rotatable bonds is 2. The maximum absolute atomic E-state index is 5.23. The minimum Gasteiger partial charge on any atom is -0.368 e. The van der Waals surface area contributed by atoms with E-state index in [1.165, 1.54) is 0 Å². The number of nitrogens with zero attached hydrogens (tertiary/aromatic N) is 2. The van der Waals surface area contributed by atoms with E-state index in [0.29, 0.717) is 12.5 Å². The fourth-order valence-corrected chi connectivity index (χ4v) is 0.483. The van der Waals surface area contributed by atoms with Gasteiger partial charge in [-0.3, -0.25) is 0 Å². The molecule has 0 aliphatic carbocycles. The van der Waals surface area contributed by atoms with E-state index < -0.39 is 0 Å². The van der Waals surface area contributed by atoms with Crippen LogP contribution in [0.15, 0.2) is 0 Å². The summed E-state index contributed by atoms with van der Waals surface area (Å²) in [6, 6.07) is 0. The maximum atomic E-state index is 5.23. The van der Waals surface area contributed by atoms with Gasteiger partial charge in [0.05, 0.1) is 6.54 Å². The van der Waals surface area contributed by atoms with Crippen molar-refractivity contribution in [2.45, 2.75) is 0 Å². The van der Waals surface area contributed by atoms with E-state index in [0.717, 1.165) is 0 Å². The van der Waals surface area contributed by atoms with E-state index in [9.17, 15) is 0 Å². The van der Waals surface area contributed by atoms with Crippen molar-refractivity contribution in [1.82, 2.24) is 15.2 Å². The summed E-state index contributed by atoms with van der Waals surface area (Å²) in [6.07, 6.45) is 4.97. The molecule has 0 atom stereocenters. The Bertz CT molecular complexity index is 245. The first-order valence-electron chi connectivity index (χ1n) is 2.68. The van der Waals surface area contributed by atoms with Crippen LogP contribution in [-0.4, -0.2) is 21.7 Å². The second kappa shape index (κ2) is 2.73. The monoisotopic (exact) mass is 137 g/mol. The summed E-state index contributed by atoms with van der Waals surface area (Å²) in [5, 5.41) is 8.89. The number of hydrogen-bond donors (Lipinski definition) is 3. The van der Waals surface area contributed by atoms with Crippen LogP contribution >= 0.6 is 0 Å². The Balaban J connectivity index is 2.52. The van der Waals surface area contributed by atoms with Crippen LogP contribution in [0.5, 0.6) is 0 Å². The van der Waals surface area contributed by atoms with Crippen molar-refractivity contribution < 1.29 is 0 Å². The summed E-state index contributed by atoms with van der Waals surface area (Å²) in [4.78, 5) is 3.75. The molecule has 0 bridgehead atoms. The highest BCUT2D eigenvalue weighted by Gasteiger charge is 1.94. The first-order valence-corrected chi connectivity index (χ1v) is 2.68. The first kappa shape index (κ1) is 6.42. The quantitative estimate of drug-likeness (QED) is 0.477. The van der Waals surface area contributed by atoms with Gasteiger partial charge in [0.25, 0.3) is 0 Å². The molecule has 0 saturated carbocycles. The lowest BCUT2D eigenvalue weighted by atomic mass is 10.7. The normalized spacial score (nSPS) is 8.70. The Morgan fingerprint density at radius 2 is 2.60 bits per heavy atom. The zero-order valence-corrected chi connectivity index (χ0v) is 5.26. The molecule has 52 valence electrons. The predicted octanol–water partition coefficient (Wildman–Crippen LogP) is -0.568. The number of anilines is 2. The molecule has 1 aromatic rings. The topological polar surface area (TPSA) is 79.6 Å². The van der Waals surface area contributed by atoms with Crippen molar-refractivity contribution in [3.8, 4) is 12.3 Å². The van der Waals surface area contributed by atoms with E-state index in [1.807, 2.05) is 0 Å². The van der Waals surface area contributed by atoms with Crippen molar-refractivity contribution in [3.05, 3.63) is 0 Å². The molecule has 0 radical (unpaired) electrons. The predicted molar refractivity (Wildman–Crippen MR) is 38.1 cm³/mol. The molecule has 0 fully saturated rings. The molecule has 0 aromatic carbocycles. The van der Waals surface area contributed by atoms with Crippen molar-refractivity contribution in [3.63, 3.8) is 0 Å². The van der Waals surface area contributed by atoms with Gasteiger partial charge >= 0.3 is 0 Å². The van der Waals surface area contributed by atoms with Crippen LogP contribution in [0, 0.1) is 12.3 Å². The number of terminal acetylenes is 1. The molecular weight excluding hydrogens is 130 g/mol. The highest BCUT2D eigenvalue weighted by Crippen LogP contribution is 1.96. The molecule has 0 unspecified atom stereocenters. The molecule has 0 spiro atoms. The van der Waals surface area contributed by atoms with Crippen LogP contribution in [0.4, 0.5) is 11.9 Å². The van der Waals surface area contributed by atoms with Gasteiger partial charge in [-0.1, -0.05) is 5.92 Å². The maximum Gasteiger partial charge on any atom is 0.244 e. The molecule has 1 heterocycles. The van der Waals surface area contributed by atoms with Crippen molar-refractivity contribution in [2.24, 2.45) is 0 Å². The summed E-state index contributed by atoms with van der Waals surface area (Å²) >= 11 is 0. The average Bonchev–Trinajstić information content (AvgIpc) is 2.31. The second-order valence-corrected chi connectivity index (χ2v) is 1.60. The van der Waals surface area contributed by atoms with Crippen LogP contribution in [0.25, 0.3) is 0 Å². The largest absolute Gasteiger partial charge is 0.368 e. The van der Waals surface area contributed by atoms with E-state index in [1.54, 1.807) is 0 Å². The van der Waals surface area contributed by atoms with E-state index in [-0.39, 0.29) is 5.95 Å². The molecule has 10 heavy (non-hydrogen) atoms. The highest BCUT2D eigenvalue weighted by atomic mass is 15.3. The van der Waals surface area contributed by atoms with Gasteiger partial charge in [0.15, 0.2) is 0 Å². The van der Waals surface area contributed by atoms with Crippen LogP contribution < -0.4 is 11.1 Å². The lowest BCUT2D eigenvalue weighted by Crippen LogP contribution is -1.99. The first-order chi connectivity index (χ1) is 4.83. The van der Waals surface area contributed by atoms with Gasteiger partial charge in [0, 0.05) is 0 Å². The van der Waals surface area contributed by atoms with Crippen LogP contribution in [-0.2, 0) is 0 Å². The Hall–Kier alpha value is -1.70. The third-order valence-electron chi connectivity index (χ3n) is 0.851. The Labute approximate surface area is 58.0 Å². The fraction of sp³-hybridized carbons (Fsp3) is 0.200. The number of H-pyrrole nitrogens is 1. The van der Waals surface area contributed by atoms with Gasteiger partial charge in [0.2, 0.25) is 11.9 Å². The summed E-state index contributed by atoms with van der Waals surface area (Å²) in [7, 11) is 0. The Morgan fingerprint density at radius 1 is 1.80 bits per heavy atom. The average molecular weight is 137 g/mol. The van der Waals surface area contributed by atoms with Crippen LogP contribution in [0.1, 0.15) is 0 Å². The molecular formula is C5H7N5. The van der Waals surface area contributed by atoms with Crippen molar-refractivity contribution >= 4 is 11.9 Å². The molecule has 4 N–H and O–H groups in total.